The van der Waals surface area contributed by atoms with Crippen molar-refractivity contribution in [3.63, 3.8) is 0 Å². The molecule has 0 fully saturated rings. The summed E-state index contributed by atoms with van der Waals surface area (Å²) in [7, 11) is 1.63. The Hall–Kier alpha value is -1.86. The molecular formula is C14H10ClGeN2O3. The first kappa shape index (κ1) is 15.5. The standard InChI is InChI=1S/C14H10ClGeN2O3/c1-17(10-4-2-9(16)3-5-10)14(19)12-7-6-11(18(20)21)8-13(12)15/h2-8H,1H3. The van der Waals surface area contributed by atoms with E-state index in [2.05, 4.69) is 0 Å². The molecule has 21 heavy (non-hydrogen) atoms. The zero-order valence-corrected chi connectivity index (χ0v) is 13.9. The van der Waals surface area contributed by atoms with Crippen molar-refractivity contribution in [2.75, 3.05) is 11.9 Å². The molecule has 1 amide bonds. The molecule has 3 radical (unpaired) electrons. The van der Waals surface area contributed by atoms with Gasteiger partial charge >= 0.3 is 135 Å². The molecule has 105 valence electrons. The average molecular weight is 362 g/mol. The first-order valence-corrected chi connectivity index (χ1v) is 7.36. The van der Waals surface area contributed by atoms with Crippen LogP contribution in [-0.2, 0) is 0 Å². The van der Waals surface area contributed by atoms with Gasteiger partial charge in [0, 0.05) is 0 Å². The number of hydrogen-bond acceptors (Lipinski definition) is 3. The molecule has 0 saturated carbocycles. The average Bonchev–Trinajstić information content (AvgIpc) is 2.46. The minimum atomic E-state index is -0.552. The van der Waals surface area contributed by atoms with Gasteiger partial charge in [-0.1, -0.05) is 0 Å². The van der Waals surface area contributed by atoms with Gasteiger partial charge < -0.3 is 0 Å². The van der Waals surface area contributed by atoms with Crippen LogP contribution in [0.1, 0.15) is 10.4 Å². The summed E-state index contributed by atoms with van der Waals surface area (Å²) in [6.45, 7) is 0. The van der Waals surface area contributed by atoms with Crippen molar-refractivity contribution in [1.29, 1.82) is 0 Å². The molecule has 0 aliphatic rings. The van der Waals surface area contributed by atoms with Gasteiger partial charge in [-0.2, -0.15) is 0 Å². The fraction of sp³-hybridized carbons (Fsp3) is 0.0714. The Labute approximate surface area is 134 Å². The summed E-state index contributed by atoms with van der Waals surface area (Å²) in [6, 6.07) is 11.3. The number of nitro benzene ring substituents is 1. The van der Waals surface area contributed by atoms with Gasteiger partial charge in [-0.05, 0) is 0 Å². The fourth-order valence-electron chi connectivity index (χ4n) is 1.77. The topological polar surface area (TPSA) is 63.5 Å². The molecule has 2 rings (SSSR count). The van der Waals surface area contributed by atoms with E-state index in [1.807, 2.05) is 40.8 Å². The second kappa shape index (κ2) is 6.28. The van der Waals surface area contributed by atoms with Gasteiger partial charge in [0.25, 0.3) is 0 Å². The number of non-ortho nitro benzene ring substituents is 1. The molecule has 2 aromatic rings. The number of carbonyl (C=O) groups excluding carboxylic acids is 1. The summed E-state index contributed by atoms with van der Waals surface area (Å²) >= 11 is 7.93. The molecule has 7 heteroatoms. The second-order valence-electron chi connectivity index (χ2n) is 4.33. The Morgan fingerprint density at radius 3 is 2.38 bits per heavy atom. The van der Waals surface area contributed by atoms with Crippen LogP contribution in [0, 0.1) is 10.1 Å². The number of halogens is 1. The predicted octanol–water partition coefficient (Wildman–Crippen LogP) is 2.32. The van der Waals surface area contributed by atoms with Crippen molar-refractivity contribution in [3.8, 4) is 0 Å². The summed E-state index contributed by atoms with van der Waals surface area (Å²) in [4.78, 5) is 24.0. The van der Waals surface area contributed by atoms with E-state index in [1.54, 1.807) is 7.05 Å². The van der Waals surface area contributed by atoms with Crippen molar-refractivity contribution in [2.24, 2.45) is 0 Å². The Morgan fingerprint density at radius 1 is 1.24 bits per heavy atom. The Kier molecular flexibility index (Phi) is 4.64. The number of hydrogen-bond donors (Lipinski definition) is 0. The van der Waals surface area contributed by atoms with E-state index in [0.29, 0.717) is 0 Å². The van der Waals surface area contributed by atoms with Gasteiger partial charge in [-0.15, -0.1) is 0 Å². The van der Waals surface area contributed by atoms with Crippen LogP contribution in [0.4, 0.5) is 11.4 Å². The molecule has 2 aromatic carbocycles. The summed E-state index contributed by atoms with van der Waals surface area (Å²) in [5, 5.41) is 10.7. The first-order chi connectivity index (χ1) is 9.90. The minimum absolute atomic E-state index is 0.0631. The molecule has 0 unspecified atom stereocenters. The van der Waals surface area contributed by atoms with Crippen LogP contribution in [0.3, 0.4) is 0 Å². The van der Waals surface area contributed by atoms with Gasteiger partial charge in [0.05, 0.1) is 0 Å². The maximum absolute atomic E-state index is 12.4. The summed E-state index contributed by atoms with van der Waals surface area (Å²) < 4.78 is 1.09. The van der Waals surface area contributed by atoms with Crippen LogP contribution in [0.5, 0.6) is 0 Å². The van der Waals surface area contributed by atoms with Crippen molar-refractivity contribution in [2.45, 2.75) is 0 Å². The zero-order chi connectivity index (χ0) is 15.6. The van der Waals surface area contributed by atoms with Gasteiger partial charge in [-0.25, -0.2) is 0 Å². The molecular weight excluding hydrogens is 352 g/mol. The van der Waals surface area contributed by atoms with Gasteiger partial charge in [-0.3, -0.25) is 0 Å². The van der Waals surface area contributed by atoms with Crippen molar-refractivity contribution < 1.29 is 9.72 Å². The maximum atomic E-state index is 12.4. The number of nitro groups is 1. The third kappa shape index (κ3) is 3.43. The van der Waals surface area contributed by atoms with Crippen molar-refractivity contribution in [3.05, 3.63) is 63.2 Å². The van der Waals surface area contributed by atoms with Crippen LogP contribution in [0.2, 0.25) is 5.02 Å². The molecule has 0 spiro atoms. The zero-order valence-electron chi connectivity index (χ0n) is 11.0. The Balaban J connectivity index is 2.31. The molecule has 5 nitrogen and oxygen atoms in total. The van der Waals surface area contributed by atoms with E-state index >= 15 is 0 Å². The van der Waals surface area contributed by atoms with Gasteiger partial charge in [0.15, 0.2) is 0 Å². The van der Waals surface area contributed by atoms with Gasteiger partial charge in [0.2, 0.25) is 0 Å². The Bertz CT molecular complexity index is 704. The van der Waals surface area contributed by atoms with Crippen molar-refractivity contribution >= 4 is 49.8 Å². The predicted molar refractivity (Wildman–Crippen MR) is 82.7 cm³/mol. The van der Waals surface area contributed by atoms with Crippen LogP contribution in [0.25, 0.3) is 0 Å². The second-order valence-corrected chi connectivity index (χ2v) is 5.95. The fourth-order valence-corrected chi connectivity index (χ4v) is 2.38. The Morgan fingerprint density at radius 2 is 1.86 bits per heavy atom. The number of benzene rings is 2. The van der Waals surface area contributed by atoms with E-state index in [9.17, 15) is 14.9 Å². The quantitative estimate of drug-likeness (QED) is 0.478. The molecule has 0 aliphatic carbocycles. The monoisotopic (exact) mass is 363 g/mol. The number of nitrogens with zero attached hydrogens (tertiary/aromatic N) is 2. The number of amides is 1. The number of carbonyl (C=O) groups is 1. The summed E-state index contributed by atoms with van der Waals surface area (Å²) in [6.07, 6.45) is 0. The molecule has 0 N–H and O–H groups in total. The SMILES string of the molecule is CN(C(=O)c1ccc([N+](=O)[O-])cc1Cl)c1cc[c]([Ge])cc1. The van der Waals surface area contributed by atoms with E-state index in [4.69, 9.17) is 11.6 Å². The molecule has 0 heterocycles. The molecule has 0 aliphatic heterocycles. The molecule has 0 atom stereocenters. The van der Waals surface area contributed by atoms with Crippen LogP contribution >= 0.6 is 11.6 Å². The summed E-state index contributed by atoms with van der Waals surface area (Å²) in [5.41, 5.74) is 0.805. The normalized spacial score (nSPS) is 10.2. The molecule has 0 aromatic heterocycles. The van der Waals surface area contributed by atoms with Gasteiger partial charge in [0.1, 0.15) is 0 Å². The molecule has 0 saturated heterocycles. The van der Waals surface area contributed by atoms with E-state index in [-0.39, 0.29) is 22.2 Å². The number of rotatable bonds is 3. The van der Waals surface area contributed by atoms with Crippen molar-refractivity contribution in [1.82, 2.24) is 0 Å². The van der Waals surface area contributed by atoms with E-state index < -0.39 is 4.92 Å². The third-order valence-electron chi connectivity index (χ3n) is 2.95. The number of anilines is 1. The summed E-state index contributed by atoms with van der Waals surface area (Å²) in [5.74, 6) is -0.321. The van der Waals surface area contributed by atoms with Crippen LogP contribution in [-0.4, -0.2) is 34.4 Å². The van der Waals surface area contributed by atoms with E-state index in [1.165, 1.54) is 23.1 Å². The van der Waals surface area contributed by atoms with Crippen LogP contribution < -0.4 is 9.30 Å². The van der Waals surface area contributed by atoms with Crippen LogP contribution in [0.15, 0.2) is 42.5 Å². The first-order valence-electron chi connectivity index (χ1n) is 5.94. The van der Waals surface area contributed by atoms with E-state index in [0.717, 1.165) is 10.1 Å². The third-order valence-corrected chi connectivity index (χ3v) is 3.97. The molecule has 0 bridgehead atoms.